The summed E-state index contributed by atoms with van der Waals surface area (Å²) >= 11 is 0. The summed E-state index contributed by atoms with van der Waals surface area (Å²) in [5.41, 5.74) is -1.00. The maximum atomic E-state index is 13.0. The molecule has 0 saturated carbocycles. The Hall–Kier alpha value is -2.85. The van der Waals surface area contributed by atoms with Crippen LogP contribution in [0, 0.1) is 0 Å². The molecule has 1 unspecified atom stereocenters. The molecule has 1 atom stereocenters. The van der Waals surface area contributed by atoms with E-state index in [4.69, 9.17) is 9.15 Å². The summed E-state index contributed by atoms with van der Waals surface area (Å²) in [5, 5.41) is 0. The lowest BCUT2D eigenvalue weighted by Crippen LogP contribution is -2.30. The van der Waals surface area contributed by atoms with E-state index < -0.39 is 30.7 Å². The van der Waals surface area contributed by atoms with Crippen molar-refractivity contribution in [2.24, 2.45) is 0 Å². The number of hydrogen-bond donors (Lipinski definition) is 0. The van der Waals surface area contributed by atoms with Crippen LogP contribution in [0.15, 0.2) is 41.1 Å². The average molecular weight is 394 g/mol. The Labute approximate surface area is 146 Å². The molecule has 0 spiro atoms. The van der Waals surface area contributed by atoms with E-state index in [9.17, 15) is 30.7 Å². The summed E-state index contributed by atoms with van der Waals surface area (Å²) < 4.78 is 98.3. The molecule has 1 aromatic carbocycles. The molecule has 0 aliphatic rings. The highest BCUT2D eigenvalue weighted by molar-refractivity contribution is 5.78. The van der Waals surface area contributed by atoms with Crippen LogP contribution in [0.2, 0.25) is 0 Å². The fraction of sp³-hybridized carbons (Fsp3) is 0.250. The van der Waals surface area contributed by atoms with Crippen LogP contribution in [0.5, 0.6) is 5.75 Å². The van der Waals surface area contributed by atoms with E-state index in [-0.39, 0.29) is 28.3 Å². The fourth-order valence-corrected chi connectivity index (χ4v) is 2.15. The Kier molecular flexibility index (Phi) is 4.70. The number of halogens is 7. The number of oxazole rings is 1. The number of ether oxygens (including phenoxy) is 1. The molecule has 0 aliphatic carbocycles. The maximum absolute atomic E-state index is 13.0. The van der Waals surface area contributed by atoms with Crippen molar-refractivity contribution in [1.29, 1.82) is 0 Å². The predicted octanol–water partition coefficient (Wildman–Crippen LogP) is 5.19. The number of alkyl halides is 7. The van der Waals surface area contributed by atoms with Gasteiger partial charge in [0.05, 0.1) is 17.3 Å². The Morgan fingerprint density at radius 3 is 2.48 bits per heavy atom. The topological polar surface area (TPSA) is 48.2 Å². The first-order valence-electron chi connectivity index (χ1n) is 7.31. The van der Waals surface area contributed by atoms with Crippen LogP contribution in [0.3, 0.4) is 0 Å². The van der Waals surface area contributed by atoms with Crippen molar-refractivity contribution < 1.29 is 39.9 Å². The van der Waals surface area contributed by atoms with Gasteiger partial charge in [0.25, 0.3) is 0 Å². The van der Waals surface area contributed by atoms with Gasteiger partial charge in [0, 0.05) is 6.20 Å². The molecule has 0 N–H and O–H groups in total. The molecular formula is C16H9F7N2O2. The van der Waals surface area contributed by atoms with Crippen LogP contribution < -0.4 is 4.74 Å². The Bertz CT molecular complexity index is 950. The van der Waals surface area contributed by atoms with Gasteiger partial charge < -0.3 is 9.15 Å². The molecule has 4 nitrogen and oxygen atoms in total. The average Bonchev–Trinajstić information content (AvgIpc) is 3.01. The van der Waals surface area contributed by atoms with Crippen LogP contribution in [0.4, 0.5) is 30.7 Å². The standard InChI is InChI=1S/C16H9F7N2O2/c17-13(16(21,22)23)7-26-12-6-24-4-3-9(12)14-25-10-5-8(15(18,19)20)1-2-11(10)27-14/h1-6,13H,7H2. The van der Waals surface area contributed by atoms with Crippen molar-refractivity contribution in [3.63, 3.8) is 0 Å². The third-order valence-corrected chi connectivity index (χ3v) is 3.47. The van der Waals surface area contributed by atoms with Gasteiger partial charge in [-0.2, -0.15) is 26.3 Å². The van der Waals surface area contributed by atoms with E-state index in [2.05, 4.69) is 9.97 Å². The second-order valence-corrected chi connectivity index (χ2v) is 5.39. The summed E-state index contributed by atoms with van der Waals surface area (Å²) in [6, 6.07) is 3.91. The van der Waals surface area contributed by atoms with E-state index in [0.29, 0.717) is 0 Å². The number of rotatable bonds is 4. The lowest BCUT2D eigenvalue weighted by Gasteiger charge is -2.14. The van der Waals surface area contributed by atoms with Crippen LogP contribution >= 0.6 is 0 Å². The highest BCUT2D eigenvalue weighted by Crippen LogP contribution is 2.35. The van der Waals surface area contributed by atoms with Crippen molar-refractivity contribution in [2.75, 3.05) is 6.61 Å². The van der Waals surface area contributed by atoms with Gasteiger partial charge in [0.15, 0.2) is 5.58 Å². The summed E-state index contributed by atoms with van der Waals surface area (Å²) in [4.78, 5) is 7.57. The summed E-state index contributed by atoms with van der Waals surface area (Å²) in [5.74, 6) is -0.462. The van der Waals surface area contributed by atoms with E-state index in [1.165, 1.54) is 12.3 Å². The largest absolute Gasteiger partial charge is 0.488 e. The van der Waals surface area contributed by atoms with Crippen LogP contribution in [0.25, 0.3) is 22.6 Å². The molecule has 144 valence electrons. The Morgan fingerprint density at radius 1 is 1.07 bits per heavy atom. The molecule has 0 fully saturated rings. The molecule has 3 aromatic rings. The molecular weight excluding hydrogens is 385 g/mol. The molecule has 0 aliphatic heterocycles. The molecule has 2 heterocycles. The van der Waals surface area contributed by atoms with E-state index >= 15 is 0 Å². The Balaban J connectivity index is 1.92. The Morgan fingerprint density at radius 2 is 1.81 bits per heavy atom. The molecule has 27 heavy (non-hydrogen) atoms. The molecule has 11 heteroatoms. The number of hydrogen-bond acceptors (Lipinski definition) is 4. The van der Waals surface area contributed by atoms with Crippen molar-refractivity contribution >= 4 is 11.1 Å². The predicted molar refractivity (Wildman–Crippen MR) is 78.7 cm³/mol. The molecule has 0 amide bonds. The van der Waals surface area contributed by atoms with Gasteiger partial charge in [-0.15, -0.1) is 0 Å². The zero-order valence-electron chi connectivity index (χ0n) is 13.1. The van der Waals surface area contributed by atoms with Gasteiger partial charge >= 0.3 is 12.4 Å². The van der Waals surface area contributed by atoms with E-state index in [1.54, 1.807) is 0 Å². The SMILES string of the molecule is FC(COc1cnccc1-c1nc2cc(C(F)(F)F)ccc2o1)C(F)(F)F. The molecule has 2 aromatic heterocycles. The quantitative estimate of drug-likeness (QED) is 0.572. The second-order valence-electron chi connectivity index (χ2n) is 5.39. The molecule has 0 bridgehead atoms. The summed E-state index contributed by atoms with van der Waals surface area (Å²) in [7, 11) is 0. The molecule has 0 radical (unpaired) electrons. The summed E-state index contributed by atoms with van der Waals surface area (Å²) in [6.45, 7) is -1.32. The van der Waals surface area contributed by atoms with Gasteiger partial charge in [-0.3, -0.25) is 4.98 Å². The monoisotopic (exact) mass is 394 g/mol. The lowest BCUT2D eigenvalue weighted by molar-refractivity contribution is -0.187. The van der Waals surface area contributed by atoms with Crippen LogP contribution in [0.1, 0.15) is 5.56 Å². The van der Waals surface area contributed by atoms with Crippen molar-refractivity contribution in [2.45, 2.75) is 18.5 Å². The van der Waals surface area contributed by atoms with Crippen LogP contribution in [-0.2, 0) is 6.18 Å². The van der Waals surface area contributed by atoms with Crippen molar-refractivity contribution in [1.82, 2.24) is 9.97 Å². The molecule has 0 saturated heterocycles. The summed E-state index contributed by atoms with van der Waals surface area (Å²) in [6.07, 6.45) is -10.6. The fourth-order valence-electron chi connectivity index (χ4n) is 2.15. The first kappa shape index (κ1) is 18.9. The van der Waals surface area contributed by atoms with Crippen LogP contribution in [-0.4, -0.2) is 28.9 Å². The number of aromatic nitrogens is 2. The van der Waals surface area contributed by atoms with Gasteiger partial charge in [-0.25, -0.2) is 9.37 Å². The normalized spacial score (nSPS) is 13.7. The van der Waals surface area contributed by atoms with E-state index in [1.807, 2.05) is 0 Å². The first-order chi connectivity index (χ1) is 12.6. The lowest BCUT2D eigenvalue weighted by atomic mass is 10.2. The zero-order valence-corrected chi connectivity index (χ0v) is 13.1. The van der Waals surface area contributed by atoms with Crippen molar-refractivity contribution in [3.05, 3.63) is 42.2 Å². The molecule has 3 rings (SSSR count). The maximum Gasteiger partial charge on any atom is 0.423 e. The number of nitrogens with zero attached hydrogens (tertiary/aromatic N) is 2. The van der Waals surface area contributed by atoms with Gasteiger partial charge in [-0.1, -0.05) is 0 Å². The minimum atomic E-state index is -5.09. The second kappa shape index (κ2) is 6.71. The number of benzene rings is 1. The minimum Gasteiger partial charge on any atom is -0.488 e. The van der Waals surface area contributed by atoms with Gasteiger partial charge in [0.1, 0.15) is 17.9 Å². The third kappa shape index (κ3) is 4.12. The smallest absolute Gasteiger partial charge is 0.423 e. The highest BCUT2D eigenvalue weighted by atomic mass is 19.4. The number of fused-ring (bicyclic) bond motifs is 1. The minimum absolute atomic E-state index is 0.0177. The van der Waals surface area contributed by atoms with Gasteiger partial charge in [0.2, 0.25) is 12.1 Å². The zero-order chi connectivity index (χ0) is 19.8. The number of pyridine rings is 1. The van der Waals surface area contributed by atoms with Crippen molar-refractivity contribution in [3.8, 4) is 17.2 Å². The van der Waals surface area contributed by atoms with Gasteiger partial charge in [-0.05, 0) is 24.3 Å². The van der Waals surface area contributed by atoms with E-state index in [0.717, 1.165) is 24.4 Å². The third-order valence-electron chi connectivity index (χ3n) is 3.47. The highest BCUT2D eigenvalue weighted by Gasteiger charge is 2.40. The first-order valence-corrected chi connectivity index (χ1v) is 7.31.